The summed E-state index contributed by atoms with van der Waals surface area (Å²) in [7, 11) is 0. The Hall–Kier alpha value is -0.730. The third kappa shape index (κ3) is 4.21. The Morgan fingerprint density at radius 2 is 2.06 bits per heavy atom. The van der Waals surface area contributed by atoms with Crippen molar-refractivity contribution in [1.82, 2.24) is 5.32 Å². The van der Waals surface area contributed by atoms with Gasteiger partial charge >= 0.3 is 0 Å². The van der Waals surface area contributed by atoms with E-state index in [4.69, 9.17) is 16.3 Å². The van der Waals surface area contributed by atoms with E-state index in [1.54, 1.807) is 0 Å². The molecule has 0 aromatic heterocycles. The number of rotatable bonds is 6. The van der Waals surface area contributed by atoms with E-state index in [1.165, 1.54) is 12.8 Å². The predicted octanol–water partition coefficient (Wildman–Crippen LogP) is 3.50. The van der Waals surface area contributed by atoms with E-state index in [-0.39, 0.29) is 5.41 Å². The van der Waals surface area contributed by atoms with E-state index >= 15 is 0 Å². The zero-order valence-corrected chi connectivity index (χ0v) is 11.3. The van der Waals surface area contributed by atoms with Crippen molar-refractivity contribution in [1.29, 1.82) is 0 Å². The normalized spacial score (nSPS) is 15.9. The van der Waals surface area contributed by atoms with E-state index in [9.17, 15) is 0 Å². The summed E-state index contributed by atoms with van der Waals surface area (Å²) in [6.07, 6.45) is 2.64. The monoisotopic (exact) mass is 253 g/mol. The molecule has 1 aliphatic rings. The highest BCUT2D eigenvalue weighted by atomic mass is 35.5. The maximum Gasteiger partial charge on any atom is 0.137 e. The van der Waals surface area contributed by atoms with Gasteiger partial charge in [-0.25, -0.2) is 0 Å². The summed E-state index contributed by atoms with van der Waals surface area (Å²) in [5.41, 5.74) is 0.127. The molecule has 0 heterocycles. The van der Waals surface area contributed by atoms with Crippen LogP contribution in [0.2, 0.25) is 5.02 Å². The molecule has 0 unspecified atom stereocenters. The zero-order valence-electron chi connectivity index (χ0n) is 10.5. The zero-order chi connectivity index (χ0) is 12.3. The molecule has 0 atom stereocenters. The fourth-order valence-corrected chi connectivity index (χ4v) is 1.78. The lowest BCUT2D eigenvalue weighted by atomic mass is 9.95. The largest absolute Gasteiger partial charge is 0.491 e. The van der Waals surface area contributed by atoms with Crippen LogP contribution in [0.15, 0.2) is 24.3 Å². The maximum absolute atomic E-state index is 6.05. The quantitative estimate of drug-likeness (QED) is 0.838. The maximum atomic E-state index is 6.05. The molecular weight excluding hydrogens is 234 g/mol. The van der Waals surface area contributed by atoms with Crippen molar-refractivity contribution >= 4 is 11.6 Å². The summed E-state index contributed by atoms with van der Waals surface area (Å²) in [4.78, 5) is 0. The van der Waals surface area contributed by atoms with Crippen LogP contribution >= 0.6 is 11.6 Å². The molecular formula is C14H20ClNO. The number of hydrogen-bond acceptors (Lipinski definition) is 2. The van der Waals surface area contributed by atoms with E-state index in [2.05, 4.69) is 19.2 Å². The summed E-state index contributed by atoms with van der Waals surface area (Å²) in [6.45, 7) is 6.08. The number of hydrogen-bond donors (Lipinski definition) is 1. The summed E-state index contributed by atoms with van der Waals surface area (Å²) in [5, 5.41) is 4.21. The molecule has 0 radical (unpaired) electrons. The Morgan fingerprint density at radius 3 is 2.71 bits per heavy atom. The molecule has 94 valence electrons. The standard InChI is InChI=1S/C14H20ClNO/c1-14(2,9-16-11-7-8-11)10-17-13-6-4-3-5-12(13)15/h3-6,11,16H,7-10H2,1-2H3. The van der Waals surface area contributed by atoms with Crippen molar-refractivity contribution in [3.63, 3.8) is 0 Å². The minimum absolute atomic E-state index is 0.127. The molecule has 17 heavy (non-hydrogen) atoms. The van der Waals surface area contributed by atoms with Crippen LogP contribution in [0, 0.1) is 5.41 Å². The fraction of sp³-hybridized carbons (Fsp3) is 0.571. The van der Waals surface area contributed by atoms with Crippen molar-refractivity contribution in [2.24, 2.45) is 5.41 Å². The molecule has 1 aliphatic carbocycles. The minimum Gasteiger partial charge on any atom is -0.491 e. The minimum atomic E-state index is 0.127. The Bertz CT molecular complexity index is 374. The Morgan fingerprint density at radius 1 is 1.35 bits per heavy atom. The van der Waals surface area contributed by atoms with Gasteiger partial charge < -0.3 is 10.1 Å². The van der Waals surface area contributed by atoms with E-state index in [0.29, 0.717) is 11.6 Å². The number of halogens is 1. The van der Waals surface area contributed by atoms with Gasteiger partial charge in [-0.1, -0.05) is 37.6 Å². The van der Waals surface area contributed by atoms with Crippen molar-refractivity contribution in [2.75, 3.05) is 13.2 Å². The molecule has 1 fully saturated rings. The predicted molar refractivity (Wildman–Crippen MR) is 71.8 cm³/mol. The average molecular weight is 254 g/mol. The van der Waals surface area contributed by atoms with Gasteiger partial charge in [0.1, 0.15) is 5.75 Å². The van der Waals surface area contributed by atoms with Crippen LogP contribution in [0.4, 0.5) is 0 Å². The molecule has 1 N–H and O–H groups in total. The van der Waals surface area contributed by atoms with E-state index in [0.717, 1.165) is 18.3 Å². The Labute approximate surface area is 108 Å². The van der Waals surface area contributed by atoms with E-state index in [1.807, 2.05) is 24.3 Å². The lowest BCUT2D eigenvalue weighted by Crippen LogP contribution is -2.35. The second-order valence-corrected chi connectivity index (χ2v) is 5.95. The molecule has 3 heteroatoms. The van der Waals surface area contributed by atoms with E-state index < -0.39 is 0 Å². The summed E-state index contributed by atoms with van der Waals surface area (Å²) in [6, 6.07) is 8.36. The lowest BCUT2D eigenvalue weighted by molar-refractivity contribution is 0.176. The van der Waals surface area contributed by atoms with Crippen LogP contribution < -0.4 is 10.1 Å². The second-order valence-electron chi connectivity index (χ2n) is 5.54. The van der Waals surface area contributed by atoms with Gasteiger partial charge in [0.15, 0.2) is 0 Å². The Kier molecular flexibility index (Phi) is 3.95. The highest BCUT2D eigenvalue weighted by Crippen LogP contribution is 2.26. The molecule has 2 rings (SSSR count). The first-order chi connectivity index (χ1) is 8.07. The van der Waals surface area contributed by atoms with Crippen LogP contribution in [0.3, 0.4) is 0 Å². The first kappa shape index (κ1) is 12.7. The molecule has 1 saturated carbocycles. The summed E-state index contributed by atoms with van der Waals surface area (Å²) >= 11 is 6.05. The van der Waals surface area contributed by atoms with Crippen molar-refractivity contribution < 1.29 is 4.74 Å². The third-order valence-corrected chi connectivity index (χ3v) is 3.21. The number of benzene rings is 1. The molecule has 1 aromatic carbocycles. The third-order valence-electron chi connectivity index (χ3n) is 2.90. The van der Waals surface area contributed by atoms with Gasteiger partial charge in [0.05, 0.1) is 11.6 Å². The van der Waals surface area contributed by atoms with Gasteiger partial charge in [-0.05, 0) is 25.0 Å². The molecule has 0 saturated heterocycles. The molecule has 0 amide bonds. The van der Waals surface area contributed by atoms with Gasteiger partial charge in [0.2, 0.25) is 0 Å². The molecule has 1 aromatic rings. The fourth-order valence-electron chi connectivity index (χ4n) is 1.59. The first-order valence-electron chi connectivity index (χ1n) is 6.17. The highest BCUT2D eigenvalue weighted by Gasteiger charge is 2.25. The van der Waals surface area contributed by atoms with Crippen LogP contribution in [0.1, 0.15) is 26.7 Å². The van der Waals surface area contributed by atoms with Crippen LogP contribution in [-0.4, -0.2) is 19.2 Å². The molecule has 2 nitrogen and oxygen atoms in total. The summed E-state index contributed by atoms with van der Waals surface area (Å²) in [5.74, 6) is 0.772. The summed E-state index contributed by atoms with van der Waals surface area (Å²) < 4.78 is 5.78. The number of ether oxygens (including phenoxy) is 1. The van der Waals surface area contributed by atoms with Gasteiger partial charge in [0, 0.05) is 18.0 Å². The molecule has 0 aliphatic heterocycles. The van der Waals surface area contributed by atoms with Crippen LogP contribution in [0.25, 0.3) is 0 Å². The van der Waals surface area contributed by atoms with Crippen molar-refractivity contribution in [3.8, 4) is 5.75 Å². The highest BCUT2D eigenvalue weighted by molar-refractivity contribution is 6.32. The lowest BCUT2D eigenvalue weighted by Gasteiger charge is -2.25. The Balaban J connectivity index is 1.81. The SMILES string of the molecule is CC(C)(CNC1CC1)COc1ccccc1Cl. The number of nitrogens with one attached hydrogen (secondary N) is 1. The molecule has 0 spiro atoms. The van der Waals surface area contributed by atoms with Gasteiger partial charge in [0.25, 0.3) is 0 Å². The smallest absolute Gasteiger partial charge is 0.137 e. The second kappa shape index (κ2) is 5.28. The topological polar surface area (TPSA) is 21.3 Å². The van der Waals surface area contributed by atoms with Crippen LogP contribution in [0.5, 0.6) is 5.75 Å². The molecule has 0 bridgehead atoms. The van der Waals surface area contributed by atoms with Crippen molar-refractivity contribution in [3.05, 3.63) is 29.3 Å². The number of para-hydroxylation sites is 1. The first-order valence-corrected chi connectivity index (χ1v) is 6.55. The van der Waals surface area contributed by atoms with Crippen LogP contribution in [-0.2, 0) is 0 Å². The van der Waals surface area contributed by atoms with Gasteiger partial charge in [-0.15, -0.1) is 0 Å². The van der Waals surface area contributed by atoms with Gasteiger partial charge in [-0.3, -0.25) is 0 Å². The van der Waals surface area contributed by atoms with Gasteiger partial charge in [-0.2, -0.15) is 0 Å². The van der Waals surface area contributed by atoms with Crippen molar-refractivity contribution in [2.45, 2.75) is 32.7 Å². The average Bonchev–Trinajstić information content (AvgIpc) is 3.09.